The van der Waals surface area contributed by atoms with Gasteiger partial charge in [-0.1, -0.05) is 77.6 Å². The molecule has 0 amide bonds. The summed E-state index contributed by atoms with van der Waals surface area (Å²) in [6, 6.07) is 0. The Labute approximate surface area is 176 Å². The standard InChI is InChI=1S/C24H42FNO3/c1-2-3-4-5-6-7-8-9-10-11-14-17-21-20-26-23(22(21)25)24(28)29-19-16-13-12-15-18-27/h20,26-27H,2-19H2,1H3. The van der Waals surface area contributed by atoms with Gasteiger partial charge in [-0.25, -0.2) is 9.18 Å². The number of carbonyl (C=O) groups is 1. The number of nitrogens with one attached hydrogen (secondary N) is 1. The number of aliphatic hydroxyl groups is 1. The van der Waals surface area contributed by atoms with Crippen molar-refractivity contribution in [3.63, 3.8) is 0 Å². The van der Waals surface area contributed by atoms with Gasteiger partial charge in [0.1, 0.15) is 0 Å². The Hall–Kier alpha value is -1.36. The second kappa shape index (κ2) is 17.5. The number of carbonyl (C=O) groups excluding carboxylic acids is 1. The number of aryl methyl sites for hydroxylation is 1. The highest BCUT2D eigenvalue weighted by atomic mass is 19.1. The van der Waals surface area contributed by atoms with E-state index < -0.39 is 11.8 Å². The molecule has 29 heavy (non-hydrogen) atoms. The Balaban J connectivity index is 2.09. The number of aromatic amines is 1. The number of H-pyrrole nitrogens is 1. The first kappa shape index (κ1) is 25.7. The van der Waals surface area contributed by atoms with E-state index in [1.165, 1.54) is 57.8 Å². The molecule has 0 aliphatic heterocycles. The van der Waals surface area contributed by atoms with Crippen LogP contribution in [0.4, 0.5) is 4.39 Å². The van der Waals surface area contributed by atoms with Crippen LogP contribution in [0.1, 0.15) is 119 Å². The van der Waals surface area contributed by atoms with Crippen LogP contribution in [-0.4, -0.2) is 29.3 Å². The summed E-state index contributed by atoms with van der Waals surface area (Å²) in [7, 11) is 0. The molecule has 0 unspecified atom stereocenters. The summed E-state index contributed by atoms with van der Waals surface area (Å²) < 4.78 is 19.5. The van der Waals surface area contributed by atoms with Gasteiger partial charge < -0.3 is 14.8 Å². The lowest BCUT2D eigenvalue weighted by Crippen LogP contribution is -2.09. The van der Waals surface area contributed by atoms with Crippen LogP contribution in [0.3, 0.4) is 0 Å². The molecule has 0 spiro atoms. The van der Waals surface area contributed by atoms with E-state index in [1.807, 2.05) is 0 Å². The number of ether oxygens (including phenoxy) is 1. The molecule has 0 saturated carbocycles. The average molecular weight is 412 g/mol. The summed E-state index contributed by atoms with van der Waals surface area (Å²) in [5, 5.41) is 8.72. The van der Waals surface area contributed by atoms with E-state index in [2.05, 4.69) is 11.9 Å². The van der Waals surface area contributed by atoms with Crippen molar-refractivity contribution in [2.75, 3.05) is 13.2 Å². The lowest BCUT2D eigenvalue weighted by molar-refractivity contribution is 0.0485. The van der Waals surface area contributed by atoms with E-state index in [4.69, 9.17) is 9.84 Å². The molecular weight excluding hydrogens is 369 g/mol. The summed E-state index contributed by atoms with van der Waals surface area (Å²) in [6.07, 6.45) is 19.5. The van der Waals surface area contributed by atoms with E-state index in [0.29, 0.717) is 12.0 Å². The Bertz CT molecular complexity index is 530. The zero-order chi connectivity index (χ0) is 21.2. The first-order chi connectivity index (χ1) is 14.2. The summed E-state index contributed by atoms with van der Waals surface area (Å²) in [5.74, 6) is -1.07. The fourth-order valence-electron chi connectivity index (χ4n) is 3.56. The number of aromatic nitrogens is 1. The summed E-state index contributed by atoms with van der Waals surface area (Å²) in [5.41, 5.74) is 0.522. The van der Waals surface area contributed by atoms with E-state index in [0.717, 1.165) is 38.5 Å². The molecule has 1 aromatic heterocycles. The maximum absolute atomic E-state index is 14.4. The SMILES string of the molecule is CCCCCCCCCCCCCc1c[nH]c(C(=O)OCCCCCCO)c1F. The lowest BCUT2D eigenvalue weighted by atomic mass is 10.0. The lowest BCUT2D eigenvalue weighted by Gasteiger charge is -2.04. The monoisotopic (exact) mass is 411 g/mol. The average Bonchev–Trinajstić information content (AvgIpc) is 3.09. The fraction of sp³-hybridized carbons (Fsp3) is 0.792. The first-order valence-corrected chi connectivity index (χ1v) is 11.8. The van der Waals surface area contributed by atoms with Crippen LogP contribution in [0.25, 0.3) is 0 Å². The van der Waals surface area contributed by atoms with Crippen molar-refractivity contribution in [3.05, 3.63) is 23.3 Å². The number of halogens is 1. The summed E-state index contributed by atoms with van der Waals surface area (Å²) in [4.78, 5) is 14.7. The molecule has 0 saturated heterocycles. The van der Waals surface area contributed by atoms with Crippen LogP contribution < -0.4 is 0 Å². The molecule has 0 aliphatic carbocycles. The Morgan fingerprint density at radius 3 is 2.07 bits per heavy atom. The van der Waals surface area contributed by atoms with Crippen molar-refractivity contribution in [2.24, 2.45) is 0 Å². The molecule has 0 aliphatic rings. The minimum absolute atomic E-state index is 0.0570. The molecule has 0 atom stereocenters. The van der Waals surface area contributed by atoms with Gasteiger partial charge in [-0.05, 0) is 32.1 Å². The molecule has 0 fully saturated rings. The number of esters is 1. The molecule has 0 bridgehead atoms. The summed E-state index contributed by atoms with van der Waals surface area (Å²) in [6.45, 7) is 2.72. The van der Waals surface area contributed by atoms with Gasteiger partial charge in [0.25, 0.3) is 0 Å². The van der Waals surface area contributed by atoms with Crippen molar-refractivity contribution in [1.29, 1.82) is 0 Å². The molecule has 5 heteroatoms. The Morgan fingerprint density at radius 1 is 0.897 bits per heavy atom. The number of rotatable bonds is 19. The third kappa shape index (κ3) is 12.0. The number of unbranched alkanes of at least 4 members (excludes halogenated alkanes) is 13. The molecule has 4 nitrogen and oxygen atoms in total. The molecule has 0 radical (unpaired) electrons. The van der Waals surface area contributed by atoms with Gasteiger partial charge >= 0.3 is 5.97 Å². The van der Waals surface area contributed by atoms with Crippen molar-refractivity contribution < 1.29 is 19.0 Å². The Kier molecular flexibility index (Phi) is 15.5. The third-order valence-corrected chi connectivity index (χ3v) is 5.43. The minimum Gasteiger partial charge on any atom is -0.461 e. The van der Waals surface area contributed by atoms with E-state index in [1.54, 1.807) is 6.20 Å². The highest BCUT2D eigenvalue weighted by Gasteiger charge is 2.18. The van der Waals surface area contributed by atoms with Crippen molar-refractivity contribution in [3.8, 4) is 0 Å². The van der Waals surface area contributed by atoms with Gasteiger partial charge in [-0.15, -0.1) is 0 Å². The number of hydrogen-bond acceptors (Lipinski definition) is 3. The highest BCUT2D eigenvalue weighted by molar-refractivity contribution is 5.88. The Morgan fingerprint density at radius 2 is 1.45 bits per heavy atom. The molecule has 1 rings (SSSR count). The molecule has 0 aromatic carbocycles. The van der Waals surface area contributed by atoms with Crippen LogP contribution in [0, 0.1) is 5.82 Å². The second-order valence-electron chi connectivity index (χ2n) is 8.06. The normalized spacial score (nSPS) is 11.1. The smallest absolute Gasteiger partial charge is 0.357 e. The zero-order valence-corrected chi connectivity index (χ0v) is 18.4. The van der Waals surface area contributed by atoms with Gasteiger partial charge in [-0.2, -0.15) is 0 Å². The van der Waals surface area contributed by atoms with Gasteiger partial charge in [0.2, 0.25) is 0 Å². The van der Waals surface area contributed by atoms with Crippen LogP contribution >= 0.6 is 0 Å². The summed E-state index contributed by atoms with van der Waals surface area (Å²) >= 11 is 0. The quantitative estimate of drug-likeness (QED) is 0.196. The highest BCUT2D eigenvalue weighted by Crippen LogP contribution is 2.17. The minimum atomic E-state index is -0.616. The molecule has 2 N–H and O–H groups in total. The van der Waals surface area contributed by atoms with Gasteiger partial charge in [0, 0.05) is 18.4 Å². The van der Waals surface area contributed by atoms with Crippen LogP contribution in [0.2, 0.25) is 0 Å². The largest absolute Gasteiger partial charge is 0.461 e. The molecular formula is C24H42FNO3. The van der Waals surface area contributed by atoms with Crippen LogP contribution in [-0.2, 0) is 11.2 Å². The van der Waals surface area contributed by atoms with E-state index in [-0.39, 0.29) is 18.9 Å². The predicted octanol–water partition coefficient (Wildman–Crippen LogP) is 6.72. The fourth-order valence-corrected chi connectivity index (χ4v) is 3.56. The van der Waals surface area contributed by atoms with E-state index in [9.17, 15) is 9.18 Å². The van der Waals surface area contributed by atoms with Crippen molar-refractivity contribution >= 4 is 5.97 Å². The second-order valence-corrected chi connectivity index (χ2v) is 8.06. The number of aliphatic hydroxyl groups excluding tert-OH is 1. The van der Waals surface area contributed by atoms with Crippen LogP contribution in [0.5, 0.6) is 0 Å². The molecule has 168 valence electrons. The topological polar surface area (TPSA) is 62.3 Å². The van der Waals surface area contributed by atoms with Gasteiger partial charge in [-0.3, -0.25) is 0 Å². The predicted molar refractivity (Wildman–Crippen MR) is 117 cm³/mol. The zero-order valence-electron chi connectivity index (χ0n) is 18.4. The van der Waals surface area contributed by atoms with Crippen LogP contribution in [0.15, 0.2) is 6.20 Å². The number of hydrogen-bond donors (Lipinski definition) is 2. The maximum Gasteiger partial charge on any atom is 0.357 e. The van der Waals surface area contributed by atoms with Crippen molar-refractivity contribution in [2.45, 2.75) is 110 Å². The molecule has 1 aromatic rings. The maximum atomic E-state index is 14.4. The first-order valence-electron chi connectivity index (χ1n) is 11.8. The van der Waals surface area contributed by atoms with Gasteiger partial charge in [0.05, 0.1) is 6.61 Å². The van der Waals surface area contributed by atoms with Gasteiger partial charge in [0.15, 0.2) is 11.5 Å². The van der Waals surface area contributed by atoms with Crippen molar-refractivity contribution in [1.82, 2.24) is 4.98 Å². The molecule has 1 heterocycles. The third-order valence-electron chi connectivity index (χ3n) is 5.43. The van der Waals surface area contributed by atoms with E-state index >= 15 is 0 Å².